The number of nitrogens with one attached hydrogen (secondary N) is 2. The molecule has 180 valence electrons. The highest BCUT2D eigenvalue weighted by molar-refractivity contribution is 7.20. The zero-order chi connectivity index (χ0) is 24.2. The van der Waals surface area contributed by atoms with Crippen molar-refractivity contribution in [2.24, 2.45) is 0 Å². The second kappa shape index (κ2) is 10.1. The number of hydrogen-bond donors (Lipinski definition) is 2. The summed E-state index contributed by atoms with van der Waals surface area (Å²) in [5.41, 5.74) is -0.0366. The van der Waals surface area contributed by atoms with Crippen LogP contribution >= 0.6 is 11.3 Å². The zero-order valence-electron chi connectivity index (χ0n) is 20.2. The van der Waals surface area contributed by atoms with Crippen LogP contribution in [-0.2, 0) is 14.3 Å². The maximum atomic E-state index is 13.0. The SMILES string of the molecule is CN(c1sc(NC(=O)C(C)(C)NC(=O)OC(C)(C)C)nc1-c1ccccc1)C1CCOCC1. The molecule has 0 saturated carbocycles. The summed E-state index contributed by atoms with van der Waals surface area (Å²) in [4.78, 5) is 32.2. The van der Waals surface area contributed by atoms with Gasteiger partial charge in [-0.2, -0.15) is 0 Å². The number of hydrogen-bond acceptors (Lipinski definition) is 7. The number of benzene rings is 1. The van der Waals surface area contributed by atoms with Crippen LogP contribution < -0.4 is 15.5 Å². The first-order valence-electron chi connectivity index (χ1n) is 11.2. The van der Waals surface area contributed by atoms with Gasteiger partial charge in [0.25, 0.3) is 5.91 Å². The molecule has 1 saturated heterocycles. The number of thiazole rings is 1. The molecule has 0 atom stereocenters. The second-order valence-corrected chi connectivity index (χ2v) is 10.7. The van der Waals surface area contributed by atoms with Gasteiger partial charge in [-0.15, -0.1) is 0 Å². The number of nitrogens with zero attached hydrogens (tertiary/aromatic N) is 2. The molecule has 1 aromatic carbocycles. The lowest BCUT2D eigenvalue weighted by Crippen LogP contribution is -2.53. The van der Waals surface area contributed by atoms with E-state index < -0.39 is 17.2 Å². The summed E-state index contributed by atoms with van der Waals surface area (Å²) in [6.07, 6.45) is 1.24. The number of aromatic nitrogens is 1. The van der Waals surface area contributed by atoms with Gasteiger partial charge in [0.15, 0.2) is 5.13 Å². The third kappa shape index (κ3) is 6.68. The molecule has 2 N–H and O–H groups in total. The molecule has 0 unspecified atom stereocenters. The molecule has 9 heteroatoms. The van der Waals surface area contributed by atoms with Gasteiger partial charge in [0.1, 0.15) is 21.8 Å². The van der Waals surface area contributed by atoms with Crippen LogP contribution in [0.15, 0.2) is 30.3 Å². The number of carbonyl (C=O) groups excluding carboxylic acids is 2. The van der Waals surface area contributed by atoms with E-state index in [1.807, 2.05) is 30.3 Å². The van der Waals surface area contributed by atoms with Gasteiger partial charge >= 0.3 is 6.09 Å². The fourth-order valence-corrected chi connectivity index (χ4v) is 4.51. The Morgan fingerprint density at radius 2 is 1.76 bits per heavy atom. The minimum atomic E-state index is -1.19. The highest BCUT2D eigenvalue weighted by atomic mass is 32.1. The maximum absolute atomic E-state index is 13.0. The first kappa shape index (κ1) is 25.0. The van der Waals surface area contributed by atoms with Gasteiger partial charge in [-0.25, -0.2) is 9.78 Å². The van der Waals surface area contributed by atoms with Crippen molar-refractivity contribution in [2.45, 2.75) is 64.6 Å². The van der Waals surface area contributed by atoms with Crippen molar-refractivity contribution in [2.75, 3.05) is 30.5 Å². The average molecular weight is 475 g/mol. The number of rotatable bonds is 6. The number of alkyl carbamates (subject to hydrolysis) is 1. The highest BCUT2D eigenvalue weighted by Gasteiger charge is 2.33. The number of ether oxygens (including phenoxy) is 2. The molecule has 1 aliphatic heterocycles. The molecule has 2 amide bonds. The Morgan fingerprint density at radius 3 is 2.36 bits per heavy atom. The van der Waals surface area contributed by atoms with Gasteiger partial charge in [0.05, 0.1) is 0 Å². The van der Waals surface area contributed by atoms with Crippen LogP contribution in [0.25, 0.3) is 11.3 Å². The van der Waals surface area contributed by atoms with Gasteiger partial charge in [-0.05, 0) is 47.5 Å². The number of carbonyl (C=O) groups is 2. The van der Waals surface area contributed by atoms with Crippen LogP contribution in [0.3, 0.4) is 0 Å². The lowest BCUT2D eigenvalue weighted by Gasteiger charge is -2.32. The topological polar surface area (TPSA) is 92.8 Å². The monoisotopic (exact) mass is 474 g/mol. The molecule has 1 fully saturated rings. The Hall–Kier alpha value is -2.65. The van der Waals surface area contributed by atoms with Crippen LogP contribution in [0.1, 0.15) is 47.5 Å². The molecule has 8 nitrogen and oxygen atoms in total. The summed E-state index contributed by atoms with van der Waals surface area (Å²) in [5, 5.41) is 6.99. The van der Waals surface area contributed by atoms with Gasteiger partial charge in [0.2, 0.25) is 0 Å². The van der Waals surface area contributed by atoms with Crippen LogP contribution in [-0.4, -0.2) is 54.4 Å². The maximum Gasteiger partial charge on any atom is 0.408 e. The molecule has 33 heavy (non-hydrogen) atoms. The van der Waals surface area contributed by atoms with E-state index in [0.717, 1.165) is 42.3 Å². The molecule has 0 aliphatic carbocycles. The third-order valence-electron chi connectivity index (χ3n) is 5.32. The standard InChI is InChI=1S/C24H34N4O4S/c1-23(2,3)32-22(30)27-24(4,5)20(29)26-21-25-18(16-10-8-7-9-11-16)19(33-21)28(6)17-12-14-31-15-13-17/h7-11,17H,12-15H2,1-6H3,(H,27,30)(H,25,26,29). The van der Waals surface area contributed by atoms with E-state index in [4.69, 9.17) is 14.5 Å². The smallest absolute Gasteiger partial charge is 0.408 e. The summed E-state index contributed by atoms with van der Waals surface area (Å²) in [6, 6.07) is 10.3. The first-order chi connectivity index (χ1) is 15.5. The van der Waals surface area contributed by atoms with E-state index in [1.165, 1.54) is 11.3 Å². The van der Waals surface area contributed by atoms with Crippen molar-refractivity contribution < 1.29 is 19.1 Å². The fourth-order valence-electron chi connectivity index (χ4n) is 3.50. The molecular weight excluding hydrogens is 440 g/mol. The van der Waals surface area contributed by atoms with E-state index in [9.17, 15) is 9.59 Å². The zero-order valence-corrected chi connectivity index (χ0v) is 21.0. The number of anilines is 2. The molecular formula is C24H34N4O4S. The molecule has 0 bridgehead atoms. The van der Waals surface area contributed by atoms with E-state index in [0.29, 0.717) is 11.2 Å². The number of amides is 2. The van der Waals surface area contributed by atoms with Gasteiger partial charge in [-0.1, -0.05) is 41.7 Å². The van der Waals surface area contributed by atoms with E-state index in [1.54, 1.807) is 34.6 Å². The van der Waals surface area contributed by atoms with Gasteiger partial charge in [0, 0.05) is 31.9 Å². The molecule has 2 aromatic rings. The minimum absolute atomic E-state index is 0.343. The predicted molar refractivity (Wildman–Crippen MR) is 132 cm³/mol. The van der Waals surface area contributed by atoms with Crippen LogP contribution in [0.2, 0.25) is 0 Å². The Labute approximate surface area is 199 Å². The summed E-state index contributed by atoms with van der Waals surface area (Å²) in [6.45, 7) is 10.1. The average Bonchev–Trinajstić information content (AvgIpc) is 3.16. The molecule has 0 radical (unpaired) electrons. The molecule has 1 aromatic heterocycles. The highest BCUT2D eigenvalue weighted by Crippen LogP contribution is 2.40. The summed E-state index contributed by atoms with van der Waals surface area (Å²) >= 11 is 1.43. The van der Waals surface area contributed by atoms with Crippen molar-refractivity contribution in [1.82, 2.24) is 10.3 Å². The second-order valence-electron chi connectivity index (χ2n) is 9.70. The van der Waals surface area contributed by atoms with Crippen molar-refractivity contribution in [3.63, 3.8) is 0 Å². The fraction of sp³-hybridized carbons (Fsp3) is 0.542. The largest absolute Gasteiger partial charge is 0.444 e. The predicted octanol–water partition coefficient (Wildman–Crippen LogP) is 4.67. The van der Waals surface area contributed by atoms with Crippen LogP contribution in [0.4, 0.5) is 14.9 Å². The normalized spacial score (nSPS) is 15.1. The van der Waals surface area contributed by atoms with Gasteiger partial charge in [-0.3, -0.25) is 10.1 Å². The quantitative estimate of drug-likeness (QED) is 0.632. The molecule has 3 rings (SSSR count). The lowest BCUT2D eigenvalue weighted by atomic mass is 10.1. The van der Waals surface area contributed by atoms with Crippen LogP contribution in [0.5, 0.6) is 0 Å². The lowest BCUT2D eigenvalue weighted by molar-refractivity contribution is -0.121. The van der Waals surface area contributed by atoms with Crippen LogP contribution in [0, 0.1) is 0 Å². The van der Waals surface area contributed by atoms with Crippen molar-refractivity contribution in [3.05, 3.63) is 30.3 Å². The van der Waals surface area contributed by atoms with E-state index in [-0.39, 0.29) is 5.91 Å². The van der Waals surface area contributed by atoms with Gasteiger partial charge < -0.3 is 19.7 Å². The molecule has 0 spiro atoms. The third-order valence-corrected chi connectivity index (χ3v) is 6.38. The van der Waals surface area contributed by atoms with Crippen molar-refractivity contribution in [1.29, 1.82) is 0 Å². The first-order valence-corrected chi connectivity index (χ1v) is 12.0. The Bertz CT molecular complexity index is 963. The van der Waals surface area contributed by atoms with E-state index in [2.05, 4.69) is 22.6 Å². The Kier molecular flexibility index (Phi) is 7.64. The molecule has 1 aliphatic rings. The van der Waals surface area contributed by atoms with E-state index >= 15 is 0 Å². The van der Waals surface area contributed by atoms with Crippen molar-refractivity contribution in [3.8, 4) is 11.3 Å². The summed E-state index contributed by atoms with van der Waals surface area (Å²) in [5.74, 6) is -0.373. The minimum Gasteiger partial charge on any atom is -0.444 e. The molecule has 2 heterocycles. The van der Waals surface area contributed by atoms with Crippen molar-refractivity contribution >= 4 is 33.5 Å². The summed E-state index contributed by atoms with van der Waals surface area (Å²) < 4.78 is 10.8. The summed E-state index contributed by atoms with van der Waals surface area (Å²) in [7, 11) is 2.07. The Balaban J connectivity index is 1.82. The Morgan fingerprint density at radius 1 is 1.12 bits per heavy atom.